The minimum absolute atomic E-state index is 0.0408. The molecule has 0 aromatic heterocycles. The Morgan fingerprint density at radius 3 is 2.31 bits per heavy atom. The smallest absolute Gasteiger partial charge is 0.306 e. The van der Waals surface area contributed by atoms with Crippen LogP contribution in [-0.4, -0.2) is 74.7 Å². The van der Waals surface area contributed by atoms with E-state index in [2.05, 4.69) is 5.32 Å². The van der Waals surface area contributed by atoms with Crippen LogP contribution in [-0.2, 0) is 29.1 Å². The molecule has 160 valence electrons. The minimum Gasteiger partial charge on any atom is -0.456 e. The SMILES string of the molecule is CCCNC(=O)COC(=O)CCC(=O)N1CCN(S(=O)(=O)c2ccccc2)CC1. The lowest BCUT2D eigenvalue weighted by molar-refractivity contribution is -0.150. The Morgan fingerprint density at radius 1 is 1.03 bits per heavy atom. The second-order valence-electron chi connectivity index (χ2n) is 6.61. The Hall–Kier alpha value is -2.46. The van der Waals surface area contributed by atoms with Gasteiger partial charge in [0.05, 0.1) is 11.3 Å². The summed E-state index contributed by atoms with van der Waals surface area (Å²) in [6, 6.07) is 8.17. The molecule has 0 spiro atoms. The summed E-state index contributed by atoms with van der Waals surface area (Å²) in [4.78, 5) is 37.1. The van der Waals surface area contributed by atoms with Crippen molar-refractivity contribution in [2.75, 3.05) is 39.3 Å². The van der Waals surface area contributed by atoms with E-state index in [9.17, 15) is 22.8 Å². The molecule has 9 nitrogen and oxygen atoms in total. The molecule has 1 N–H and O–H groups in total. The van der Waals surface area contributed by atoms with Crippen LogP contribution >= 0.6 is 0 Å². The van der Waals surface area contributed by atoms with Crippen LogP contribution in [0.5, 0.6) is 0 Å². The summed E-state index contributed by atoms with van der Waals surface area (Å²) in [6.45, 7) is 2.99. The molecule has 0 atom stereocenters. The summed E-state index contributed by atoms with van der Waals surface area (Å²) < 4.78 is 31.4. The lowest BCUT2D eigenvalue weighted by Crippen LogP contribution is -2.50. The van der Waals surface area contributed by atoms with Crippen LogP contribution < -0.4 is 5.32 Å². The van der Waals surface area contributed by atoms with Gasteiger partial charge in [0.2, 0.25) is 15.9 Å². The maximum atomic E-state index is 12.6. The standard InChI is InChI=1S/C19H27N3O6S/c1-2-10-20-17(23)15-28-19(25)9-8-18(24)21-11-13-22(14-12-21)29(26,27)16-6-4-3-5-7-16/h3-7H,2,8-15H2,1H3,(H,20,23). The van der Waals surface area contributed by atoms with Crippen LogP contribution in [0.3, 0.4) is 0 Å². The van der Waals surface area contributed by atoms with Crippen molar-refractivity contribution in [1.29, 1.82) is 0 Å². The largest absolute Gasteiger partial charge is 0.456 e. The van der Waals surface area contributed by atoms with Crippen LogP contribution in [0.25, 0.3) is 0 Å². The molecule has 2 rings (SSSR count). The van der Waals surface area contributed by atoms with Gasteiger partial charge >= 0.3 is 5.97 Å². The van der Waals surface area contributed by atoms with Gasteiger partial charge in [0.15, 0.2) is 6.61 Å². The lowest BCUT2D eigenvalue weighted by Gasteiger charge is -2.34. The van der Waals surface area contributed by atoms with Crippen molar-refractivity contribution in [1.82, 2.24) is 14.5 Å². The Labute approximate surface area is 171 Å². The van der Waals surface area contributed by atoms with Crippen LogP contribution in [0.1, 0.15) is 26.2 Å². The highest BCUT2D eigenvalue weighted by molar-refractivity contribution is 7.89. The molecule has 0 bridgehead atoms. The monoisotopic (exact) mass is 425 g/mol. The van der Waals surface area contributed by atoms with E-state index in [1.807, 2.05) is 6.92 Å². The normalized spacial score (nSPS) is 15.0. The number of carbonyl (C=O) groups excluding carboxylic acids is 3. The molecular formula is C19H27N3O6S. The zero-order valence-electron chi connectivity index (χ0n) is 16.5. The van der Waals surface area contributed by atoms with E-state index in [-0.39, 0.29) is 62.3 Å². The predicted octanol–water partition coefficient (Wildman–Crippen LogP) is 0.369. The number of sulfonamides is 1. The molecule has 1 aromatic carbocycles. The van der Waals surface area contributed by atoms with Gasteiger partial charge in [-0.1, -0.05) is 25.1 Å². The number of hydrogen-bond acceptors (Lipinski definition) is 6. The zero-order valence-corrected chi connectivity index (χ0v) is 17.3. The number of rotatable bonds is 9. The van der Waals surface area contributed by atoms with E-state index in [4.69, 9.17) is 4.74 Å². The van der Waals surface area contributed by atoms with E-state index < -0.39 is 16.0 Å². The molecule has 10 heteroatoms. The third-order valence-corrected chi connectivity index (χ3v) is 6.36. The number of hydrogen-bond donors (Lipinski definition) is 1. The number of nitrogens with zero attached hydrogens (tertiary/aromatic N) is 2. The molecule has 1 heterocycles. The molecule has 1 aromatic rings. The highest BCUT2D eigenvalue weighted by Crippen LogP contribution is 2.17. The number of esters is 1. The van der Waals surface area contributed by atoms with Crippen molar-refractivity contribution in [3.05, 3.63) is 30.3 Å². The Bertz CT molecular complexity index is 804. The number of ether oxygens (including phenoxy) is 1. The Kier molecular flexibility index (Phi) is 8.59. The van der Waals surface area contributed by atoms with Gasteiger partial charge in [0.25, 0.3) is 5.91 Å². The van der Waals surface area contributed by atoms with E-state index >= 15 is 0 Å². The van der Waals surface area contributed by atoms with Gasteiger partial charge in [-0.05, 0) is 18.6 Å². The minimum atomic E-state index is -3.58. The first kappa shape index (κ1) is 22.8. The predicted molar refractivity (Wildman–Crippen MR) is 105 cm³/mol. The van der Waals surface area contributed by atoms with Gasteiger partial charge in [0.1, 0.15) is 0 Å². The first-order valence-electron chi connectivity index (χ1n) is 9.60. The van der Waals surface area contributed by atoms with Gasteiger partial charge < -0.3 is 15.0 Å². The maximum Gasteiger partial charge on any atom is 0.306 e. The van der Waals surface area contributed by atoms with Crippen LogP contribution in [0, 0.1) is 0 Å². The van der Waals surface area contributed by atoms with E-state index in [1.165, 1.54) is 9.21 Å². The second-order valence-corrected chi connectivity index (χ2v) is 8.55. The van der Waals surface area contributed by atoms with Crippen molar-refractivity contribution in [2.45, 2.75) is 31.1 Å². The van der Waals surface area contributed by atoms with E-state index in [1.54, 1.807) is 30.3 Å². The summed E-state index contributed by atoms with van der Waals surface area (Å²) in [7, 11) is -3.58. The Morgan fingerprint density at radius 2 is 1.69 bits per heavy atom. The van der Waals surface area contributed by atoms with Gasteiger partial charge in [0, 0.05) is 39.1 Å². The average molecular weight is 426 g/mol. The van der Waals surface area contributed by atoms with Gasteiger partial charge in [-0.15, -0.1) is 0 Å². The first-order chi connectivity index (χ1) is 13.8. The summed E-state index contributed by atoms with van der Waals surface area (Å²) >= 11 is 0. The fraction of sp³-hybridized carbons (Fsp3) is 0.526. The topological polar surface area (TPSA) is 113 Å². The molecule has 1 aliphatic rings. The average Bonchev–Trinajstić information content (AvgIpc) is 2.75. The number of benzene rings is 1. The van der Waals surface area contributed by atoms with Gasteiger partial charge in [-0.3, -0.25) is 14.4 Å². The fourth-order valence-electron chi connectivity index (χ4n) is 2.82. The number of carbonyl (C=O) groups is 3. The van der Waals surface area contributed by atoms with Crippen LogP contribution in [0.15, 0.2) is 35.2 Å². The summed E-state index contributed by atoms with van der Waals surface area (Å²) in [5.41, 5.74) is 0. The third kappa shape index (κ3) is 6.82. The highest BCUT2D eigenvalue weighted by atomic mass is 32.2. The van der Waals surface area contributed by atoms with Crippen molar-refractivity contribution in [2.24, 2.45) is 0 Å². The van der Waals surface area contributed by atoms with Gasteiger partial charge in [-0.25, -0.2) is 8.42 Å². The number of piperazine rings is 1. The summed E-state index contributed by atoms with van der Waals surface area (Å²) in [5, 5.41) is 2.59. The second kappa shape index (κ2) is 10.9. The fourth-order valence-corrected chi connectivity index (χ4v) is 4.26. The highest BCUT2D eigenvalue weighted by Gasteiger charge is 2.30. The number of amides is 2. The van der Waals surface area contributed by atoms with E-state index in [0.717, 1.165) is 6.42 Å². The summed E-state index contributed by atoms with van der Waals surface area (Å²) in [6.07, 6.45) is 0.622. The lowest BCUT2D eigenvalue weighted by atomic mass is 10.2. The van der Waals surface area contributed by atoms with Crippen molar-refractivity contribution in [3.63, 3.8) is 0 Å². The molecular weight excluding hydrogens is 398 g/mol. The molecule has 0 radical (unpaired) electrons. The molecule has 1 saturated heterocycles. The summed E-state index contributed by atoms with van der Waals surface area (Å²) in [5.74, 6) is -1.23. The molecule has 0 aliphatic carbocycles. The molecule has 2 amide bonds. The quantitative estimate of drug-likeness (QED) is 0.572. The molecule has 1 aliphatic heterocycles. The van der Waals surface area contributed by atoms with E-state index in [0.29, 0.717) is 6.54 Å². The van der Waals surface area contributed by atoms with Gasteiger partial charge in [-0.2, -0.15) is 4.31 Å². The molecule has 0 saturated carbocycles. The van der Waals surface area contributed by atoms with Crippen molar-refractivity contribution < 1.29 is 27.5 Å². The van der Waals surface area contributed by atoms with Crippen LogP contribution in [0.4, 0.5) is 0 Å². The first-order valence-corrected chi connectivity index (χ1v) is 11.0. The zero-order chi connectivity index (χ0) is 21.3. The van der Waals surface area contributed by atoms with Crippen molar-refractivity contribution >= 4 is 27.8 Å². The molecule has 0 unspecified atom stereocenters. The van der Waals surface area contributed by atoms with Crippen LogP contribution in [0.2, 0.25) is 0 Å². The Balaban J connectivity index is 1.73. The maximum absolute atomic E-state index is 12.6. The molecule has 29 heavy (non-hydrogen) atoms. The number of nitrogens with one attached hydrogen (secondary N) is 1. The third-order valence-electron chi connectivity index (χ3n) is 4.45. The molecule has 1 fully saturated rings. The van der Waals surface area contributed by atoms with Crippen molar-refractivity contribution in [3.8, 4) is 0 Å².